The molecule has 2 N–H and O–H groups in total. The van der Waals surface area contributed by atoms with Crippen LogP contribution in [-0.4, -0.2) is 27.8 Å². The Bertz CT molecular complexity index is 440. The Hall–Kier alpha value is -1.07. The first-order valence-corrected chi connectivity index (χ1v) is 6.24. The molecule has 0 saturated carbocycles. The molecule has 0 bridgehead atoms. The molecule has 0 atom stereocenters. The van der Waals surface area contributed by atoms with Gasteiger partial charge in [0.1, 0.15) is 10.6 Å². The van der Waals surface area contributed by atoms with E-state index in [1.165, 1.54) is 7.11 Å². The molecule has 0 heterocycles. The van der Waals surface area contributed by atoms with Gasteiger partial charge in [0.15, 0.2) is 9.84 Å². The van der Waals surface area contributed by atoms with Crippen LogP contribution in [0.5, 0.6) is 5.75 Å². The van der Waals surface area contributed by atoms with Crippen LogP contribution < -0.4 is 10.5 Å². The molecule has 0 radical (unpaired) electrons. The summed E-state index contributed by atoms with van der Waals surface area (Å²) >= 11 is 0. The van der Waals surface area contributed by atoms with Crippen LogP contribution in [0.25, 0.3) is 0 Å². The number of methoxy groups -OCH3 is 1. The molecule has 0 aliphatic heterocycles. The lowest BCUT2D eigenvalue weighted by Gasteiger charge is -2.09. The first-order chi connectivity index (χ1) is 7.01. The maximum Gasteiger partial charge on any atom is 0.183 e. The fourth-order valence-corrected chi connectivity index (χ4v) is 2.65. The Kier molecular flexibility index (Phi) is 3.71. The summed E-state index contributed by atoms with van der Waals surface area (Å²) in [5.74, 6) is 0.307. The van der Waals surface area contributed by atoms with Gasteiger partial charge in [0, 0.05) is 6.54 Å². The average molecular weight is 229 g/mol. The van der Waals surface area contributed by atoms with Gasteiger partial charge in [-0.05, 0) is 24.6 Å². The third kappa shape index (κ3) is 2.70. The van der Waals surface area contributed by atoms with Gasteiger partial charge in [0.05, 0.1) is 12.9 Å². The van der Waals surface area contributed by atoms with Crippen molar-refractivity contribution in [2.24, 2.45) is 5.73 Å². The van der Waals surface area contributed by atoms with Crippen molar-refractivity contribution in [3.63, 3.8) is 0 Å². The second-order valence-electron chi connectivity index (χ2n) is 3.26. The first kappa shape index (κ1) is 12.0. The first-order valence-electron chi connectivity index (χ1n) is 4.58. The van der Waals surface area contributed by atoms with Crippen LogP contribution in [0.1, 0.15) is 5.56 Å². The second-order valence-corrected chi connectivity index (χ2v) is 5.34. The maximum atomic E-state index is 11.8. The van der Waals surface area contributed by atoms with Gasteiger partial charge in [-0.3, -0.25) is 0 Å². The summed E-state index contributed by atoms with van der Waals surface area (Å²) in [7, 11) is -1.88. The van der Waals surface area contributed by atoms with Crippen LogP contribution in [0, 0.1) is 6.92 Å². The highest BCUT2D eigenvalue weighted by Crippen LogP contribution is 2.25. The minimum atomic E-state index is -3.33. The number of hydrogen-bond acceptors (Lipinski definition) is 4. The Labute approximate surface area is 90.0 Å². The number of hydrogen-bond donors (Lipinski definition) is 1. The van der Waals surface area contributed by atoms with Crippen molar-refractivity contribution in [3.05, 3.63) is 23.8 Å². The molecule has 1 aromatic rings. The van der Waals surface area contributed by atoms with Crippen LogP contribution in [-0.2, 0) is 9.84 Å². The summed E-state index contributed by atoms with van der Waals surface area (Å²) in [4.78, 5) is 0.218. The van der Waals surface area contributed by atoms with Crippen molar-refractivity contribution in [2.45, 2.75) is 11.8 Å². The number of sulfone groups is 1. The number of rotatable bonds is 4. The van der Waals surface area contributed by atoms with Crippen molar-refractivity contribution >= 4 is 9.84 Å². The molecule has 84 valence electrons. The summed E-state index contributed by atoms with van der Waals surface area (Å²) in [5, 5.41) is 0. The van der Waals surface area contributed by atoms with Crippen LogP contribution in [0.2, 0.25) is 0 Å². The molecule has 1 aromatic carbocycles. The normalized spacial score (nSPS) is 11.4. The number of nitrogens with two attached hydrogens (primary N) is 1. The fourth-order valence-electron chi connectivity index (χ4n) is 1.29. The predicted octanol–water partition coefficient (Wildman–Crippen LogP) is 0.736. The van der Waals surface area contributed by atoms with Crippen LogP contribution in [0.4, 0.5) is 0 Å². The van der Waals surface area contributed by atoms with Crippen LogP contribution in [0.3, 0.4) is 0 Å². The SMILES string of the molecule is COc1ccc(C)cc1S(=O)(=O)CCN. The summed E-state index contributed by atoms with van der Waals surface area (Å²) in [6.07, 6.45) is 0. The molecular formula is C10H15NO3S. The number of benzene rings is 1. The van der Waals surface area contributed by atoms with Crippen molar-refractivity contribution in [1.29, 1.82) is 0 Å². The molecule has 4 nitrogen and oxygen atoms in total. The molecule has 0 aromatic heterocycles. The zero-order chi connectivity index (χ0) is 11.5. The van der Waals surface area contributed by atoms with E-state index in [-0.39, 0.29) is 17.2 Å². The van der Waals surface area contributed by atoms with Gasteiger partial charge in [-0.1, -0.05) is 6.07 Å². The van der Waals surface area contributed by atoms with Gasteiger partial charge in [-0.25, -0.2) is 8.42 Å². The standard InChI is InChI=1S/C10H15NO3S/c1-8-3-4-9(14-2)10(7-8)15(12,13)6-5-11/h3-4,7H,5-6,11H2,1-2H3. The average Bonchev–Trinajstić information content (AvgIpc) is 2.17. The smallest absolute Gasteiger partial charge is 0.183 e. The van der Waals surface area contributed by atoms with Crippen molar-refractivity contribution < 1.29 is 13.2 Å². The van der Waals surface area contributed by atoms with E-state index in [4.69, 9.17) is 10.5 Å². The van der Waals surface area contributed by atoms with Gasteiger partial charge in [0.2, 0.25) is 0 Å². The summed E-state index contributed by atoms with van der Waals surface area (Å²) in [6, 6.07) is 5.06. The van der Waals surface area contributed by atoms with E-state index in [1.807, 2.05) is 6.92 Å². The van der Waals surface area contributed by atoms with Crippen LogP contribution >= 0.6 is 0 Å². The zero-order valence-electron chi connectivity index (χ0n) is 8.86. The maximum absolute atomic E-state index is 11.8. The van der Waals surface area contributed by atoms with Crippen molar-refractivity contribution in [1.82, 2.24) is 0 Å². The summed E-state index contributed by atoms with van der Waals surface area (Å²) in [5.41, 5.74) is 6.14. The zero-order valence-corrected chi connectivity index (χ0v) is 9.67. The van der Waals surface area contributed by atoms with Gasteiger partial charge in [-0.2, -0.15) is 0 Å². The Balaban J connectivity index is 3.28. The van der Waals surface area contributed by atoms with E-state index >= 15 is 0 Å². The van der Waals surface area contributed by atoms with Crippen LogP contribution in [0.15, 0.2) is 23.1 Å². The minimum absolute atomic E-state index is 0.0627. The molecule has 0 saturated heterocycles. The Morgan fingerprint density at radius 3 is 2.60 bits per heavy atom. The molecule has 0 unspecified atom stereocenters. The van der Waals surface area contributed by atoms with E-state index in [0.717, 1.165) is 5.56 Å². The minimum Gasteiger partial charge on any atom is -0.495 e. The van der Waals surface area contributed by atoms with E-state index in [1.54, 1.807) is 18.2 Å². The lowest BCUT2D eigenvalue weighted by Crippen LogP contribution is -2.16. The molecule has 5 heteroatoms. The van der Waals surface area contributed by atoms with E-state index in [9.17, 15) is 8.42 Å². The molecule has 0 aliphatic carbocycles. The highest BCUT2D eigenvalue weighted by molar-refractivity contribution is 7.91. The third-order valence-electron chi connectivity index (χ3n) is 2.04. The lowest BCUT2D eigenvalue weighted by molar-refractivity contribution is 0.402. The third-order valence-corrected chi connectivity index (χ3v) is 3.80. The van der Waals surface area contributed by atoms with Gasteiger partial charge in [0.25, 0.3) is 0 Å². The van der Waals surface area contributed by atoms with E-state index in [2.05, 4.69) is 0 Å². The number of aryl methyl sites for hydroxylation is 1. The monoisotopic (exact) mass is 229 g/mol. The molecule has 0 fully saturated rings. The summed E-state index contributed by atoms with van der Waals surface area (Å²) in [6.45, 7) is 1.94. The van der Waals surface area contributed by atoms with Gasteiger partial charge < -0.3 is 10.5 Å². The van der Waals surface area contributed by atoms with E-state index in [0.29, 0.717) is 5.75 Å². The Morgan fingerprint density at radius 2 is 2.07 bits per heavy atom. The summed E-state index contributed by atoms with van der Waals surface area (Å²) < 4.78 is 28.6. The van der Waals surface area contributed by atoms with E-state index < -0.39 is 9.84 Å². The molecular weight excluding hydrogens is 214 g/mol. The Morgan fingerprint density at radius 1 is 1.40 bits per heavy atom. The molecule has 0 spiro atoms. The molecule has 0 amide bonds. The molecule has 15 heavy (non-hydrogen) atoms. The highest BCUT2D eigenvalue weighted by Gasteiger charge is 2.18. The second kappa shape index (κ2) is 4.63. The fraction of sp³-hybridized carbons (Fsp3) is 0.400. The number of ether oxygens (including phenoxy) is 1. The van der Waals surface area contributed by atoms with Gasteiger partial charge in [-0.15, -0.1) is 0 Å². The topological polar surface area (TPSA) is 69.4 Å². The highest BCUT2D eigenvalue weighted by atomic mass is 32.2. The van der Waals surface area contributed by atoms with Crippen molar-refractivity contribution in [2.75, 3.05) is 19.4 Å². The molecule has 0 aliphatic rings. The lowest BCUT2D eigenvalue weighted by atomic mass is 10.2. The van der Waals surface area contributed by atoms with Gasteiger partial charge >= 0.3 is 0 Å². The largest absolute Gasteiger partial charge is 0.495 e. The molecule has 1 rings (SSSR count). The quantitative estimate of drug-likeness (QED) is 0.826. The predicted molar refractivity (Wildman–Crippen MR) is 58.8 cm³/mol. The van der Waals surface area contributed by atoms with Crippen molar-refractivity contribution in [3.8, 4) is 5.75 Å².